The van der Waals surface area contributed by atoms with Crippen LogP contribution in [-0.2, 0) is 0 Å². The van der Waals surface area contributed by atoms with Crippen LogP contribution in [0.1, 0.15) is 29.8 Å². The highest BCUT2D eigenvalue weighted by atomic mass is 16.2. The van der Waals surface area contributed by atoms with Gasteiger partial charge in [-0.15, -0.1) is 0 Å². The Bertz CT molecular complexity index is 326. The monoisotopic (exact) mass is 193 g/mol. The van der Waals surface area contributed by atoms with Crippen LogP contribution in [0.3, 0.4) is 0 Å². The van der Waals surface area contributed by atoms with Gasteiger partial charge in [-0.1, -0.05) is 0 Å². The molecular formula is C10H15N3O. The molecule has 1 aromatic rings. The summed E-state index contributed by atoms with van der Waals surface area (Å²) in [5, 5.41) is 0. The van der Waals surface area contributed by atoms with Crippen molar-refractivity contribution in [2.75, 3.05) is 18.9 Å². The lowest BCUT2D eigenvalue weighted by Gasteiger charge is -2.26. The lowest BCUT2D eigenvalue weighted by molar-refractivity contribution is 0.0715. The van der Waals surface area contributed by atoms with E-state index in [4.69, 9.17) is 5.84 Å². The first-order valence-corrected chi connectivity index (χ1v) is 5.01. The molecule has 1 saturated heterocycles. The molecule has 0 saturated carbocycles. The molecule has 1 aromatic heterocycles. The minimum Gasteiger partial charge on any atom is -0.339 e. The summed E-state index contributed by atoms with van der Waals surface area (Å²) in [5.74, 6) is 5.67. The Morgan fingerprint density at radius 3 is 2.57 bits per heavy atom. The normalized spacial score (nSPS) is 17.0. The summed E-state index contributed by atoms with van der Waals surface area (Å²) in [6, 6.07) is 3.55. The van der Waals surface area contributed by atoms with Crippen LogP contribution in [0.2, 0.25) is 0 Å². The minimum absolute atomic E-state index is 0.0530. The van der Waals surface area contributed by atoms with Gasteiger partial charge in [0.25, 0.3) is 5.91 Å². The van der Waals surface area contributed by atoms with Crippen molar-refractivity contribution < 1.29 is 4.79 Å². The average molecular weight is 193 g/mol. The Hall–Kier alpha value is -1.45. The number of hydrogen-bond acceptors (Lipinski definition) is 2. The van der Waals surface area contributed by atoms with E-state index in [2.05, 4.69) is 0 Å². The third-order valence-electron chi connectivity index (χ3n) is 2.64. The topological polar surface area (TPSA) is 51.3 Å². The molecule has 0 bridgehead atoms. The van der Waals surface area contributed by atoms with Crippen LogP contribution in [0.4, 0.5) is 0 Å². The second kappa shape index (κ2) is 3.74. The van der Waals surface area contributed by atoms with Gasteiger partial charge >= 0.3 is 0 Å². The van der Waals surface area contributed by atoms with E-state index in [0.29, 0.717) is 5.69 Å². The number of nitrogen functional groups attached to an aromatic ring is 1. The summed E-state index contributed by atoms with van der Waals surface area (Å²) in [6.07, 6.45) is 5.14. The van der Waals surface area contributed by atoms with Gasteiger partial charge in [0.1, 0.15) is 5.69 Å². The predicted octanol–water partition coefficient (Wildman–Crippen LogP) is 0.828. The van der Waals surface area contributed by atoms with Gasteiger partial charge in [-0.3, -0.25) is 9.47 Å². The molecule has 0 spiro atoms. The van der Waals surface area contributed by atoms with Gasteiger partial charge in [-0.05, 0) is 31.4 Å². The minimum atomic E-state index is 0.0530. The summed E-state index contributed by atoms with van der Waals surface area (Å²) in [4.78, 5) is 13.8. The fourth-order valence-electron chi connectivity index (χ4n) is 1.83. The zero-order chi connectivity index (χ0) is 9.97. The van der Waals surface area contributed by atoms with Crippen LogP contribution in [0.25, 0.3) is 0 Å². The Balaban J connectivity index is 2.11. The molecule has 2 N–H and O–H groups in total. The number of amides is 1. The highest BCUT2D eigenvalue weighted by molar-refractivity contribution is 5.92. The molecule has 14 heavy (non-hydrogen) atoms. The van der Waals surface area contributed by atoms with E-state index in [1.807, 2.05) is 4.90 Å². The Kier molecular flexibility index (Phi) is 2.43. The van der Waals surface area contributed by atoms with Crippen LogP contribution in [0.5, 0.6) is 0 Å². The van der Waals surface area contributed by atoms with E-state index < -0.39 is 0 Å². The van der Waals surface area contributed by atoms with Gasteiger partial charge in [-0.2, -0.15) is 0 Å². The molecule has 1 aliphatic rings. The molecule has 0 aromatic carbocycles. The average Bonchev–Trinajstić information content (AvgIpc) is 2.65. The molecule has 4 heteroatoms. The van der Waals surface area contributed by atoms with Crippen molar-refractivity contribution in [2.24, 2.45) is 0 Å². The van der Waals surface area contributed by atoms with Gasteiger partial charge in [0.05, 0.1) is 0 Å². The lowest BCUT2D eigenvalue weighted by Crippen LogP contribution is -2.37. The Labute approximate surface area is 83.3 Å². The van der Waals surface area contributed by atoms with Crippen molar-refractivity contribution in [3.63, 3.8) is 0 Å². The van der Waals surface area contributed by atoms with Crippen molar-refractivity contribution in [2.45, 2.75) is 19.3 Å². The van der Waals surface area contributed by atoms with Crippen molar-refractivity contribution in [3.8, 4) is 0 Å². The van der Waals surface area contributed by atoms with Gasteiger partial charge in [0.15, 0.2) is 0 Å². The molecule has 2 heterocycles. The van der Waals surface area contributed by atoms with Gasteiger partial charge in [-0.25, -0.2) is 0 Å². The smallest absolute Gasteiger partial charge is 0.272 e. The number of nitrogens with two attached hydrogens (primary N) is 1. The lowest BCUT2D eigenvalue weighted by atomic mass is 10.1. The first kappa shape index (κ1) is 9.12. The van der Waals surface area contributed by atoms with Crippen molar-refractivity contribution in [1.82, 2.24) is 9.58 Å². The predicted molar refractivity (Wildman–Crippen MR) is 54.3 cm³/mol. The van der Waals surface area contributed by atoms with Gasteiger partial charge < -0.3 is 10.7 Å². The maximum atomic E-state index is 11.9. The van der Waals surface area contributed by atoms with Crippen molar-refractivity contribution >= 4 is 5.91 Å². The van der Waals surface area contributed by atoms with Crippen LogP contribution in [0.15, 0.2) is 18.3 Å². The molecule has 0 atom stereocenters. The van der Waals surface area contributed by atoms with Crippen LogP contribution < -0.4 is 5.84 Å². The number of likely N-dealkylation sites (tertiary alicyclic amines) is 1. The van der Waals surface area contributed by atoms with E-state index in [-0.39, 0.29) is 5.91 Å². The van der Waals surface area contributed by atoms with Crippen molar-refractivity contribution in [1.29, 1.82) is 0 Å². The van der Waals surface area contributed by atoms with E-state index in [1.165, 1.54) is 11.1 Å². The maximum absolute atomic E-state index is 11.9. The summed E-state index contributed by atoms with van der Waals surface area (Å²) in [5.41, 5.74) is 0.576. The molecule has 1 fully saturated rings. The quantitative estimate of drug-likeness (QED) is 0.671. The SMILES string of the molecule is Nn1cccc1C(=O)N1CCCCC1. The molecule has 0 radical (unpaired) electrons. The van der Waals surface area contributed by atoms with E-state index in [0.717, 1.165) is 25.9 Å². The van der Waals surface area contributed by atoms with Crippen LogP contribution >= 0.6 is 0 Å². The van der Waals surface area contributed by atoms with E-state index in [9.17, 15) is 4.79 Å². The Morgan fingerprint density at radius 1 is 1.29 bits per heavy atom. The largest absolute Gasteiger partial charge is 0.339 e. The molecular weight excluding hydrogens is 178 g/mol. The number of carbonyl (C=O) groups is 1. The summed E-state index contributed by atoms with van der Waals surface area (Å²) >= 11 is 0. The number of aromatic nitrogens is 1. The highest BCUT2D eigenvalue weighted by Crippen LogP contribution is 2.12. The standard InChI is InChI=1S/C10H15N3O/c11-13-8-4-5-9(13)10(14)12-6-2-1-3-7-12/h4-5,8H,1-3,6-7,11H2. The Morgan fingerprint density at radius 2 is 2.00 bits per heavy atom. The second-order valence-corrected chi connectivity index (χ2v) is 3.65. The summed E-state index contributed by atoms with van der Waals surface area (Å²) in [6.45, 7) is 1.73. The summed E-state index contributed by atoms with van der Waals surface area (Å²) in [7, 11) is 0. The number of nitrogens with zero attached hydrogens (tertiary/aromatic N) is 2. The molecule has 4 nitrogen and oxygen atoms in total. The van der Waals surface area contributed by atoms with Gasteiger partial charge in [0, 0.05) is 19.3 Å². The first-order chi connectivity index (χ1) is 6.79. The number of hydrogen-bond donors (Lipinski definition) is 1. The number of carbonyl (C=O) groups excluding carboxylic acids is 1. The fraction of sp³-hybridized carbons (Fsp3) is 0.500. The third-order valence-corrected chi connectivity index (χ3v) is 2.64. The van der Waals surface area contributed by atoms with E-state index >= 15 is 0 Å². The fourth-order valence-corrected chi connectivity index (χ4v) is 1.83. The molecule has 2 rings (SSSR count). The molecule has 1 amide bonds. The van der Waals surface area contributed by atoms with Gasteiger partial charge in [0.2, 0.25) is 0 Å². The first-order valence-electron chi connectivity index (χ1n) is 5.01. The van der Waals surface area contributed by atoms with E-state index in [1.54, 1.807) is 18.3 Å². The summed E-state index contributed by atoms with van der Waals surface area (Å²) < 4.78 is 1.39. The highest BCUT2D eigenvalue weighted by Gasteiger charge is 2.19. The number of rotatable bonds is 1. The molecule has 0 unspecified atom stereocenters. The van der Waals surface area contributed by atoms with Crippen molar-refractivity contribution in [3.05, 3.63) is 24.0 Å². The van der Waals surface area contributed by atoms with Crippen LogP contribution in [0, 0.1) is 0 Å². The molecule has 1 aliphatic heterocycles. The second-order valence-electron chi connectivity index (χ2n) is 3.65. The number of piperidine rings is 1. The zero-order valence-electron chi connectivity index (χ0n) is 8.15. The maximum Gasteiger partial charge on any atom is 0.272 e. The third kappa shape index (κ3) is 1.60. The zero-order valence-corrected chi connectivity index (χ0v) is 8.15. The molecule has 0 aliphatic carbocycles. The van der Waals surface area contributed by atoms with Crippen LogP contribution in [-0.4, -0.2) is 28.6 Å². The molecule has 76 valence electrons.